The predicted molar refractivity (Wildman–Crippen MR) is 85.8 cm³/mol. The highest BCUT2D eigenvalue weighted by atomic mass is 16.5. The zero-order chi connectivity index (χ0) is 15.1. The van der Waals surface area contributed by atoms with Crippen molar-refractivity contribution in [1.82, 2.24) is 9.55 Å². The second-order valence-electron chi connectivity index (χ2n) is 5.04. The number of anilines is 1. The second-order valence-corrected chi connectivity index (χ2v) is 5.04. The molecule has 0 aliphatic carbocycles. The van der Waals surface area contributed by atoms with Crippen molar-refractivity contribution in [3.05, 3.63) is 42.5 Å². The van der Waals surface area contributed by atoms with E-state index in [0.29, 0.717) is 6.54 Å². The Hall–Kier alpha value is -2.01. The standard InChI is InChI=1S/C16H24N4O/c1-19-12-9-18-16(19)7-11-20(10-4-8-17)14-5-3-6-15(13-14)21-2/h3,5-6,9,12-13H,4,7-8,10-11,17H2,1-2H3. The van der Waals surface area contributed by atoms with Gasteiger partial charge in [-0.2, -0.15) is 0 Å². The average molecular weight is 288 g/mol. The van der Waals surface area contributed by atoms with Crippen LogP contribution in [0, 0.1) is 0 Å². The highest BCUT2D eigenvalue weighted by molar-refractivity contribution is 5.50. The molecule has 2 aromatic rings. The van der Waals surface area contributed by atoms with Crippen molar-refractivity contribution in [2.75, 3.05) is 31.6 Å². The van der Waals surface area contributed by atoms with Crippen molar-refractivity contribution >= 4 is 5.69 Å². The van der Waals surface area contributed by atoms with Gasteiger partial charge in [0.25, 0.3) is 0 Å². The number of hydrogen-bond donors (Lipinski definition) is 1. The molecule has 2 N–H and O–H groups in total. The number of ether oxygens (including phenoxy) is 1. The number of nitrogens with zero attached hydrogens (tertiary/aromatic N) is 3. The van der Waals surface area contributed by atoms with E-state index in [1.54, 1.807) is 7.11 Å². The first-order chi connectivity index (χ1) is 10.2. The molecule has 1 heterocycles. The number of aryl methyl sites for hydroxylation is 1. The van der Waals surface area contributed by atoms with Crippen LogP contribution in [0.1, 0.15) is 12.2 Å². The molecule has 0 saturated heterocycles. The zero-order valence-corrected chi connectivity index (χ0v) is 12.8. The molecule has 0 aliphatic rings. The lowest BCUT2D eigenvalue weighted by atomic mass is 10.2. The molecular formula is C16H24N4O. The fraction of sp³-hybridized carbons (Fsp3) is 0.438. The third-order valence-electron chi connectivity index (χ3n) is 3.58. The minimum atomic E-state index is 0.697. The number of nitrogens with two attached hydrogens (primary N) is 1. The van der Waals surface area contributed by atoms with Crippen LogP contribution in [0.5, 0.6) is 5.75 Å². The Balaban J connectivity index is 2.07. The van der Waals surface area contributed by atoms with E-state index in [0.717, 1.165) is 43.2 Å². The molecule has 114 valence electrons. The Kier molecular flexibility index (Phi) is 5.63. The van der Waals surface area contributed by atoms with Crippen molar-refractivity contribution in [3.63, 3.8) is 0 Å². The van der Waals surface area contributed by atoms with Crippen LogP contribution < -0.4 is 15.4 Å². The van der Waals surface area contributed by atoms with E-state index in [1.165, 1.54) is 0 Å². The molecule has 0 bridgehead atoms. The van der Waals surface area contributed by atoms with Crippen LogP contribution in [0.2, 0.25) is 0 Å². The molecule has 0 unspecified atom stereocenters. The van der Waals surface area contributed by atoms with Crippen molar-refractivity contribution in [2.45, 2.75) is 12.8 Å². The molecule has 0 radical (unpaired) electrons. The Bertz CT molecular complexity index is 553. The number of aromatic nitrogens is 2. The maximum atomic E-state index is 5.66. The van der Waals surface area contributed by atoms with E-state index in [9.17, 15) is 0 Å². The van der Waals surface area contributed by atoms with Crippen LogP contribution in [0.15, 0.2) is 36.7 Å². The normalized spacial score (nSPS) is 10.6. The van der Waals surface area contributed by atoms with Crippen LogP contribution in [-0.2, 0) is 13.5 Å². The fourth-order valence-corrected chi connectivity index (χ4v) is 2.33. The van der Waals surface area contributed by atoms with Gasteiger partial charge in [0.2, 0.25) is 0 Å². The number of rotatable bonds is 8. The van der Waals surface area contributed by atoms with Crippen molar-refractivity contribution in [2.24, 2.45) is 12.8 Å². The molecular weight excluding hydrogens is 264 g/mol. The minimum Gasteiger partial charge on any atom is -0.497 e. The van der Waals surface area contributed by atoms with Gasteiger partial charge in [-0.05, 0) is 25.1 Å². The number of hydrogen-bond acceptors (Lipinski definition) is 4. The van der Waals surface area contributed by atoms with Crippen LogP contribution in [0.3, 0.4) is 0 Å². The van der Waals surface area contributed by atoms with Gasteiger partial charge in [0, 0.05) is 50.7 Å². The summed E-state index contributed by atoms with van der Waals surface area (Å²) in [4.78, 5) is 6.72. The summed E-state index contributed by atoms with van der Waals surface area (Å²) in [6.07, 6.45) is 5.69. The SMILES string of the molecule is COc1cccc(N(CCCN)CCc2nccn2C)c1. The molecule has 2 rings (SSSR count). The Labute approximate surface area is 126 Å². The van der Waals surface area contributed by atoms with Crippen LogP contribution in [0.4, 0.5) is 5.69 Å². The summed E-state index contributed by atoms with van der Waals surface area (Å²) in [5, 5.41) is 0. The summed E-state index contributed by atoms with van der Waals surface area (Å²) in [7, 11) is 3.72. The number of benzene rings is 1. The van der Waals surface area contributed by atoms with Gasteiger partial charge >= 0.3 is 0 Å². The quantitative estimate of drug-likeness (QED) is 0.805. The molecule has 0 aliphatic heterocycles. The first-order valence-electron chi connectivity index (χ1n) is 7.30. The van der Waals surface area contributed by atoms with E-state index in [4.69, 9.17) is 10.5 Å². The lowest BCUT2D eigenvalue weighted by Crippen LogP contribution is -2.29. The summed E-state index contributed by atoms with van der Waals surface area (Å²) < 4.78 is 7.37. The highest BCUT2D eigenvalue weighted by Gasteiger charge is 2.09. The fourth-order valence-electron chi connectivity index (χ4n) is 2.33. The van der Waals surface area contributed by atoms with Crippen LogP contribution >= 0.6 is 0 Å². The molecule has 5 nitrogen and oxygen atoms in total. The maximum Gasteiger partial charge on any atom is 0.120 e. The van der Waals surface area contributed by atoms with Gasteiger partial charge in [0.1, 0.15) is 11.6 Å². The first kappa shape index (κ1) is 15.4. The van der Waals surface area contributed by atoms with Crippen molar-refractivity contribution in [3.8, 4) is 5.75 Å². The summed E-state index contributed by atoms with van der Waals surface area (Å²) in [5.74, 6) is 1.97. The van der Waals surface area contributed by atoms with E-state index in [-0.39, 0.29) is 0 Å². The molecule has 0 fully saturated rings. The van der Waals surface area contributed by atoms with Gasteiger partial charge < -0.3 is 19.9 Å². The Morgan fingerprint density at radius 2 is 2.19 bits per heavy atom. The molecule has 1 aromatic carbocycles. The van der Waals surface area contributed by atoms with Crippen LogP contribution in [-0.4, -0.2) is 36.3 Å². The summed E-state index contributed by atoms with van der Waals surface area (Å²) in [6.45, 7) is 2.55. The third-order valence-corrected chi connectivity index (χ3v) is 3.58. The molecule has 0 saturated carbocycles. The van der Waals surface area contributed by atoms with E-state index >= 15 is 0 Å². The van der Waals surface area contributed by atoms with E-state index in [2.05, 4.69) is 26.6 Å². The summed E-state index contributed by atoms with van der Waals surface area (Å²) in [6, 6.07) is 8.15. The molecule has 1 aromatic heterocycles. The van der Waals surface area contributed by atoms with Gasteiger partial charge in [-0.25, -0.2) is 4.98 Å². The van der Waals surface area contributed by atoms with Crippen molar-refractivity contribution < 1.29 is 4.74 Å². The first-order valence-corrected chi connectivity index (χ1v) is 7.30. The summed E-state index contributed by atoms with van der Waals surface area (Å²) in [5.41, 5.74) is 6.82. The molecule has 0 amide bonds. The van der Waals surface area contributed by atoms with Gasteiger partial charge in [-0.1, -0.05) is 6.07 Å². The zero-order valence-electron chi connectivity index (χ0n) is 12.8. The average Bonchev–Trinajstić information content (AvgIpc) is 2.93. The van der Waals surface area contributed by atoms with E-state index < -0.39 is 0 Å². The smallest absolute Gasteiger partial charge is 0.120 e. The van der Waals surface area contributed by atoms with Gasteiger partial charge in [-0.3, -0.25) is 0 Å². The van der Waals surface area contributed by atoms with Gasteiger partial charge in [0.05, 0.1) is 7.11 Å². The monoisotopic (exact) mass is 288 g/mol. The second kappa shape index (κ2) is 7.69. The lowest BCUT2D eigenvalue weighted by molar-refractivity contribution is 0.414. The topological polar surface area (TPSA) is 56.3 Å². The summed E-state index contributed by atoms with van der Waals surface area (Å²) >= 11 is 0. The Morgan fingerprint density at radius 1 is 1.33 bits per heavy atom. The van der Waals surface area contributed by atoms with Crippen molar-refractivity contribution in [1.29, 1.82) is 0 Å². The minimum absolute atomic E-state index is 0.697. The molecule has 0 atom stereocenters. The largest absolute Gasteiger partial charge is 0.497 e. The highest BCUT2D eigenvalue weighted by Crippen LogP contribution is 2.21. The van der Waals surface area contributed by atoms with Crippen LogP contribution in [0.25, 0.3) is 0 Å². The number of methoxy groups -OCH3 is 1. The molecule has 21 heavy (non-hydrogen) atoms. The molecule has 0 spiro atoms. The maximum absolute atomic E-state index is 5.66. The lowest BCUT2D eigenvalue weighted by Gasteiger charge is -2.25. The number of imidazole rings is 1. The Morgan fingerprint density at radius 3 is 2.86 bits per heavy atom. The molecule has 5 heteroatoms. The van der Waals surface area contributed by atoms with E-state index in [1.807, 2.05) is 31.6 Å². The predicted octanol–water partition coefficient (Wildman–Crippen LogP) is 1.83. The van der Waals surface area contributed by atoms with Gasteiger partial charge in [-0.15, -0.1) is 0 Å². The van der Waals surface area contributed by atoms with Gasteiger partial charge in [0.15, 0.2) is 0 Å². The third kappa shape index (κ3) is 4.23.